The Kier molecular flexibility index (Phi) is 5.30. The zero-order valence-electron chi connectivity index (χ0n) is 16.3. The van der Waals surface area contributed by atoms with Crippen molar-refractivity contribution in [3.8, 4) is 0 Å². The molecule has 3 rings (SSSR count). The standard InChI is InChI=1S/C20H23N5O3/c1-12-6-5-7-16(10-12)11-25-14(3)18(13(2)22-25)21-19(26)15(4)24-9-8-17(23-24)20(27)28/h5-10,15H,11H2,1-4H3,(H,21,26)(H,27,28). The topological polar surface area (TPSA) is 102 Å². The zero-order chi connectivity index (χ0) is 20.4. The molecule has 8 heteroatoms. The summed E-state index contributed by atoms with van der Waals surface area (Å²) in [5.41, 5.74) is 4.45. The van der Waals surface area contributed by atoms with Crippen LogP contribution in [0.25, 0.3) is 0 Å². The van der Waals surface area contributed by atoms with Crippen LogP contribution in [0.2, 0.25) is 0 Å². The third kappa shape index (κ3) is 3.95. The van der Waals surface area contributed by atoms with Crippen molar-refractivity contribution in [1.29, 1.82) is 0 Å². The van der Waals surface area contributed by atoms with E-state index >= 15 is 0 Å². The van der Waals surface area contributed by atoms with Crippen LogP contribution >= 0.6 is 0 Å². The van der Waals surface area contributed by atoms with Crippen molar-refractivity contribution in [3.05, 3.63) is 64.7 Å². The maximum Gasteiger partial charge on any atom is 0.356 e. The molecule has 1 aromatic carbocycles. The van der Waals surface area contributed by atoms with Crippen LogP contribution in [0.3, 0.4) is 0 Å². The molecule has 3 aromatic rings. The second kappa shape index (κ2) is 7.67. The van der Waals surface area contributed by atoms with E-state index in [-0.39, 0.29) is 11.6 Å². The third-order valence-electron chi connectivity index (χ3n) is 4.65. The van der Waals surface area contributed by atoms with Crippen LogP contribution in [0.5, 0.6) is 0 Å². The molecule has 0 aliphatic rings. The number of anilines is 1. The van der Waals surface area contributed by atoms with Crippen LogP contribution in [0.1, 0.15) is 46.0 Å². The molecule has 28 heavy (non-hydrogen) atoms. The molecule has 0 fully saturated rings. The summed E-state index contributed by atoms with van der Waals surface area (Å²) < 4.78 is 3.20. The molecule has 2 aromatic heterocycles. The first-order valence-electron chi connectivity index (χ1n) is 8.95. The van der Waals surface area contributed by atoms with Gasteiger partial charge in [0.25, 0.3) is 0 Å². The van der Waals surface area contributed by atoms with Crippen molar-refractivity contribution in [3.63, 3.8) is 0 Å². The van der Waals surface area contributed by atoms with Gasteiger partial charge < -0.3 is 10.4 Å². The predicted octanol–water partition coefficient (Wildman–Crippen LogP) is 2.95. The number of nitrogens with zero attached hydrogens (tertiary/aromatic N) is 4. The number of aryl methyl sites for hydroxylation is 2. The molecular weight excluding hydrogens is 358 g/mol. The first-order valence-corrected chi connectivity index (χ1v) is 8.95. The fraction of sp³-hybridized carbons (Fsp3) is 0.300. The van der Waals surface area contributed by atoms with E-state index in [1.54, 1.807) is 6.92 Å². The summed E-state index contributed by atoms with van der Waals surface area (Å²) in [5, 5.41) is 20.4. The molecule has 1 atom stereocenters. The maximum atomic E-state index is 12.7. The highest BCUT2D eigenvalue weighted by atomic mass is 16.4. The molecule has 2 N–H and O–H groups in total. The Bertz CT molecular complexity index is 1030. The number of nitrogens with one attached hydrogen (secondary N) is 1. The number of aromatic nitrogens is 4. The molecule has 146 valence electrons. The molecule has 1 unspecified atom stereocenters. The van der Waals surface area contributed by atoms with Gasteiger partial charge in [-0.2, -0.15) is 10.2 Å². The number of amides is 1. The maximum absolute atomic E-state index is 12.7. The van der Waals surface area contributed by atoms with Crippen LogP contribution in [0, 0.1) is 20.8 Å². The summed E-state index contributed by atoms with van der Waals surface area (Å²) in [5.74, 6) is -1.42. The molecular formula is C20H23N5O3. The number of carboxylic acid groups (broad SMARTS) is 1. The molecule has 0 aliphatic heterocycles. The van der Waals surface area contributed by atoms with E-state index in [1.165, 1.54) is 22.5 Å². The fourth-order valence-electron chi connectivity index (χ4n) is 3.03. The molecule has 0 saturated carbocycles. The molecule has 0 bridgehead atoms. The molecule has 2 heterocycles. The minimum absolute atomic E-state index is 0.0991. The van der Waals surface area contributed by atoms with Gasteiger partial charge in [-0.25, -0.2) is 4.79 Å². The predicted molar refractivity (Wildman–Crippen MR) is 105 cm³/mol. The smallest absolute Gasteiger partial charge is 0.356 e. The fourth-order valence-corrected chi connectivity index (χ4v) is 3.03. The molecule has 8 nitrogen and oxygen atoms in total. The van der Waals surface area contributed by atoms with Gasteiger partial charge in [0, 0.05) is 6.20 Å². The second-order valence-corrected chi connectivity index (χ2v) is 6.84. The summed E-state index contributed by atoms with van der Waals surface area (Å²) in [6.45, 7) is 8.07. The molecule has 0 aliphatic carbocycles. The van der Waals surface area contributed by atoms with Crippen LogP contribution in [0.4, 0.5) is 5.69 Å². The summed E-state index contributed by atoms with van der Waals surface area (Å²) in [6.07, 6.45) is 1.48. The molecule has 1 amide bonds. The van der Waals surface area contributed by atoms with E-state index in [0.29, 0.717) is 12.2 Å². The van der Waals surface area contributed by atoms with Crippen molar-refractivity contribution >= 4 is 17.6 Å². The van der Waals surface area contributed by atoms with E-state index < -0.39 is 12.0 Å². The Labute approximate surface area is 162 Å². The van der Waals surface area contributed by atoms with E-state index in [0.717, 1.165) is 17.0 Å². The van der Waals surface area contributed by atoms with E-state index in [4.69, 9.17) is 5.11 Å². The van der Waals surface area contributed by atoms with Gasteiger partial charge in [0.1, 0.15) is 6.04 Å². The largest absolute Gasteiger partial charge is 0.476 e. The van der Waals surface area contributed by atoms with E-state index in [1.807, 2.05) is 43.7 Å². The van der Waals surface area contributed by atoms with Crippen molar-refractivity contribution in [2.45, 2.75) is 40.3 Å². The van der Waals surface area contributed by atoms with Gasteiger partial charge in [0.05, 0.1) is 23.6 Å². The van der Waals surface area contributed by atoms with Gasteiger partial charge in [-0.1, -0.05) is 29.8 Å². The minimum Gasteiger partial charge on any atom is -0.476 e. The van der Waals surface area contributed by atoms with E-state index in [2.05, 4.69) is 21.6 Å². The average molecular weight is 381 g/mol. The Hall–Kier alpha value is -3.42. The number of hydrogen-bond acceptors (Lipinski definition) is 4. The highest BCUT2D eigenvalue weighted by Gasteiger charge is 2.21. The molecule has 0 spiro atoms. The van der Waals surface area contributed by atoms with Gasteiger partial charge in [-0.15, -0.1) is 0 Å². The van der Waals surface area contributed by atoms with Crippen molar-refractivity contribution in [2.24, 2.45) is 0 Å². The highest BCUT2D eigenvalue weighted by molar-refractivity contribution is 5.94. The van der Waals surface area contributed by atoms with Gasteiger partial charge in [-0.05, 0) is 39.3 Å². The quantitative estimate of drug-likeness (QED) is 0.683. The zero-order valence-corrected chi connectivity index (χ0v) is 16.3. The number of hydrogen-bond donors (Lipinski definition) is 2. The first-order chi connectivity index (χ1) is 13.3. The summed E-state index contributed by atoms with van der Waals surface area (Å²) in [4.78, 5) is 23.6. The van der Waals surface area contributed by atoms with Crippen molar-refractivity contribution in [2.75, 3.05) is 5.32 Å². The minimum atomic E-state index is -1.13. The summed E-state index contributed by atoms with van der Waals surface area (Å²) >= 11 is 0. The Morgan fingerprint density at radius 1 is 1.18 bits per heavy atom. The average Bonchev–Trinajstić information content (AvgIpc) is 3.23. The lowest BCUT2D eigenvalue weighted by Crippen LogP contribution is -2.25. The van der Waals surface area contributed by atoms with Gasteiger partial charge in [0.2, 0.25) is 5.91 Å². The van der Waals surface area contributed by atoms with Gasteiger partial charge in [0.15, 0.2) is 5.69 Å². The summed E-state index contributed by atoms with van der Waals surface area (Å²) in [6, 6.07) is 8.91. The number of benzene rings is 1. The normalized spacial score (nSPS) is 12.0. The van der Waals surface area contributed by atoms with Crippen LogP contribution in [-0.4, -0.2) is 36.5 Å². The van der Waals surface area contributed by atoms with E-state index in [9.17, 15) is 9.59 Å². The van der Waals surface area contributed by atoms with Crippen LogP contribution in [-0.2, 0) is 11.3 Å². The number of carbonyl (C=O) groups excluding carboxylic acids is 1. The van der Waals surface area contributed by atoms with Crippen LogP contribution < -0.4 is 5.32 Å². The Morgan fingerprint density at radius 2 is 1.93 bits per heavy atom. The van der Waals surface area contributed by atoms with Crippen molar-refractivity contribution < 1.29 is 14.7 Å². The lowest BCUT2D eigenvalue weighted by atomic mass is 10.1. The van der Waals surface area contributed by atoms with Crippen molar-refractivity contribution in [1.82, 2.24) is 19.6 Å². The number of carboxylic acids is 1. The number of carbonyl (C=O) groups is 2. The van der Waals surface area contributed by atoms with Gasteiger partial charge >= 0.3 is 5.97 Å². The Morgan fingerprint density at radius 3 is 2.57 bits per heavy atom. The highest BCUT2D eigenvalue weighted by Crippen LogP contribution is 2.22. The molecule has 0 radical (unpaired) electrons. The SMILES string of the molecule is Cc1cccc(Cn2nc(C)c(NC(=O)C(C)n3ccc(C(=O)O)n3)c2C)c1. The monoisotopic (exact) mass is 381 g/mol. The Balaban J connectivity index is 1.77. The second-order valence-electron chi connectivity index (χ2n) is 6.84. The third-order valence-corrected chi connectivity index (χ3v) is 4.65. The lowest BCUT2D eigenvalue weighted by molar-refractivity contribution is -0.119. The van der Waals surface area contributed by atoms with Crippen LogP contribution in [0.15, 0.2) is 36.5 Å². The number of rotatable bonds is 6. The van der Waals surface area contributed by atoms with Gasteiger partial charge in [-0.3, -0.25) is 14.2 Å². The lowest BCUT2D eigenvalue weighted by Gasteiger charge is -2.13. The first kappa shape index (κ1) is 19.3. The summed E-state index contributed by atoms with van der Waals surface area (Å²) in [7, 11) is 0. The number of aromatic carboxylic acids is 1. The molecule has 0 saturated heterocycles.